The number of ether oxygens (including phenoxy) is 2. The monoisotopic (exact) mass is 236 g/mol. The van der Waals surface area contributed by atoms with Crippen LogP contribution < -0.4 is 15.8 Å². The Hall–Kier alpha value is -1.26. The summed E-state index contributed by atoms with van der Waals surface area (Å²) in [6.07, 6.45) is 2.27. The molecule has 1 aliphatic rings. The molecule has 4 heteroatoms. The lowest BCUT2D eigenvalue weighted by molar-refractivity contribution is -0.00244. The molecular weight excluding hydrogens is 216 g/mol. The highest BCUT2D eigenvalue weighted by Gasteiger charge is 2.43. The van der Waals surface area contributed by atoms with Crippen LogP contribution in [0.25, 0.3) is 0 Å². The molecular formula is C13H20N2O2. The first kappa shape index (κ1) is 12.2. The lowest BCUT2D eigenvalue weighted by Crippen LogP contribution is -2.58. The van der Waals surface area contributed by atoms with Crippen molar-refractivity contribution in [2.75, 3.05) is 26.1 Å². The Bertz CT molecular complexity index is 358. The molecule has 3 N–H and O–H groups in total. The quantitative estimate of drug-likeness (QED) is 0.815. The minimum absolute atomic E-state index is 0.00470. The van der Waals surface area contributed by atoms with Crippen LogP contribution in [0.5, 0.6) is 5.75 Å². The van der Waals surface area contributed by atoms with Gasteiger partial charge in [-0.3, -0.25) is 0 Å². The zero-order valence-electron chi connectivity index (χ0n) is 10.4. The van der Waals surface area contributed by atoms with Crippen LogP contribution in [-0.2, 0) is 4.74 Å². The molecule has 0 atom stereocenters. The molecule has 0 spiro atoms. The predicted molar refractivity (Wildman–Crippen MR) is 68.4 cm³/mol. The fourth-order valence-electron chi connectivity index (χ4n) is 2.28. The third-order valence-electron chi connectivity index (χ3n) is 3.46. The second kappa shape index (κ2) is 4.94. The number of nitrogens with one attached hydrogen (secondary N) is 1. The number of benzene rings is 1. The van der Waals surface area contributed by atoms with Gasteiger partial charge < -0.3 is 20.5 Å². The zero-order valence-corrected chi connectivity index (χ0v) is 10.4. The molecule has 1 aromatic rings. The third-order valence-corrected chi connectivity index (χ3v) is 3.46. The largest absolute Gasteiger partial charge is 0.497 e. The van der Waals surface area contributed by atoms with E-state index in [2.05, 4.69) is 5.32 Å². The molecule has 0 aliphatic heterocycles. The van der Waals surface area contributed by atoms with E-state index in [1.807, 2.05) is 24.3 Å². The first-order valence-corrected chi connectivity index (χ1v) is 5.86. The fraction of sp³-hybridized carbons (Fsp3) is 0.538. The molecule has 0 amide bonds. The molecule has 0 unspecified atom stereocenters. The lowest BCUT2D eigenvalue weighted by atomic mass is 9.74. The summed E-state index contributed by atoms with van der Waals surface area (Å²) in [4.78, 5) is 0. The lowest BCUT2D eigenvalue weighted by Gasteiger charge is -2.47. The van der Waals surface area contributed by atoms with Gasteiger partial charge in [-0.15, -0.1) is 0 Å². The van der Waals surface area contributed by atoms with Gasteiger partial charge >= 0.3 is 0 Å². The van der Waals surface area contributed by atoms with Crippen molar-refractivity contribution in [3.05, 3.63) is 24.3 Å². The standard InChI is InChI=1S/C13H20N2O2/c1-16-11-5-3-10(4-6-11)15-13(9-14)7-12(8-13)17-2/h3-6,12,15H,7-9,14H2,1-2H3. The first-order chi connectivity index (χ1) is 8.21. The van der Waals surface area contributed by atoms with Crippen molar-refractivity contribution in [3.8, 4) is 5.75 Å². The number of methoxy groups -OCH3 is 2. The summed E-state index contributed by atoms with van der Waals surface area (Å²) in [5.41, 5.74) is 6.92. The van der Waals surface area contributed by atoms with Crippen LogP contribution in [0.15, 0.2) is 24.3 Å². The molecule has 17 heavy (non-hydrogen) atoms. The Morgan fingerprint density at radius 1 is 1.29 bits per heavy atom. The summed E-state index contributed by atoms with van der Waals surface area (Å²) in [7, 11) is 3.41. The SMILES string of the molecule is COc1ccc(NC2(CN)CC(OC)C2)cc1. The van der Waals surface area contributed by atoms with Gasteiger partial charge in [0, 0.05) is 19.3 Å². The number of hydrogen-bond acceptors (Lipinski definition) is 4. The van der Waals surface area contributed by atoms with E-state index >= 15 is 0 Å². The number of nitrogens with two attached hydrogens (primary N) is 1. The fourth-order valence-corrected chi connectivity index (χ4v) is 2.28. The number of anilines is 1. The van der Waals surface area contributed by atoms with Gasteiger partial charge in [0.2, 0.25) is 0 Å². The minimum atomic E-state index is -0.00470. The van der Waals surface area contributed by atoms with E-state index in [1.54, 1.807) is 14.2 Å². The van der Waals surface area contributed by atoms with E-state index in [9.17, 15) is 0 Å². The predicted octanol–water partition coefficient (Wildman–Crippen LogP) is 1.61. The molecule has 1 aromatic carbocycles. The molecule has 4 nitrogen and oxygen atoms in total. The maximum absolute atomic E-state index is 5.85. The van der Waals surface area contributed by atoms with Crippen LogP contribution in [-0.4, -0.2) is 32.4 Å². The smallest absolute Gasteiger partial charge is 0.119 e. The van der Waals surface area contributed by atoms with E-state index in [1.165, 1.54) is 0 Å². The van der Waals surface area contributed by atoms with E-state index in [4.69, 9.17) is 15.2 Å². The average Bonchev–Trinajstić information content (AvgIpc) is 2.34. The van der Waals surface area contributed by atoms with Gasteiger partial charge in [0.25, 0.3) is 0 Å². The molecule has 0 bridgehead atoms. The maximum atomic E-state index is 5.85. The summed E-state index contributed by atoms with van der Waals surface area (Å²) in [6.45, 7) is 0.624. The van der Waals surface area contributed by atoms with Crippen molar-refractivity contribution in [3.63, 3.8) is 0 Å². The molecule has 0 heterocycles. The van der Waals surface area contributed by atoms with Crippen LogP contribution in [0.3, 0.4) is 0 Å². The van der Waals surface area contributed by atoms with Gasteiger partial charge in [-0.2, -0.15) is 0 Å². The van der Waals surface area contributed by atoms with Gasteiger partial charge in [0.1, 0.15) is 5.75 Å². The van der Waals surface area contributed by atoms with Gasteiger partial charge in [-0.05, 0) is 37.1 Å². The van der Waals surface area contributed by atoms with Crippen molar-refractivity contribution in [1.82, 2.24) is 0 Å². The van der Waals surface area contributed by atoms with Crippen LogP contribution in [0.4, 0.5) is 5.69 Å². The summed E-state index contributed by atoms with van der Waals surface area (Å²) in [5.74, 6) is 0.862. The highest BCUT2D eigenvalue weighted by Crippen LogP contribution is 2.36. The second-order valence-corrected chi connectivity index (χ2v) is 4.60. The summed E-state index contributed by atoms with van der Waals surface area (Å²) < 4.78 is 10.4. The number of hydrogen-bond donors (Lipinski definition) is 2. The van der Waals surface area contributed by atoms with Crippen molar-refractivity contribution in [2.24, 2.45) is 5.73 Å². The van der Waals surface area contributed by atoms with Crippen molar-refractivity contribution >= 4 is 5.69 Å². The normalized spacial score (nSPS) is 27.4. The molecule has 2 rings (SSSR count). The Morgan fingerprint density at radius 2 is 1.94 bits per heavy atom. The second-order valence-electron chi connectivity index (χ2n) is 4.60. The molecule has 0 radical (unpaired) electrons. The molecule has 1 fully saturated rings. The zero-order chi connectivity index (χ0) is 12.3. The molecule has 0 aromatic heterocycles. The van der Waals surface area contributed by atoms with E-state index in [0.29, 0.717) is 12.6 Å². The van der Waals surface area contributed by atoms with Crippen LogP contribution in [0.1, 0.15) is 12.8 Å². The Morgan fingerprint density at radius 3 is 2.41 bits per heavy atom. The average molecular weight is 236 g/mol. The third kappa shape index (κ3) is 2.53. The molecule has 0 saturated heterocycles. The Balaban J connectivity index is 1.99. The first-order valence-electron chi connectivity index (χ1n) is 5.86. The van der Waals surface area contributed by atoms with Gasteiger partial charge in [-0.1, -0.05) is 0 Å². The van der Waals surface area contributed by atoms with Crippen molar-refractivity contribution in [2.45, 2.75) is 24.5 Å². The minimum Gasteiger partial charge on any atom is -0.497 e. The summed E-state index contributed by atoms with van der Waals surface area (Å²) >= 11 is 0. The Kier molecular flexibility index (Phi) is 3.54. The van der Waals surface area contributed by atoms with Crippen molar-refractivity contribution < 1.29 is 9.47 Å². The van der Waals surface area contributed by atoms with Gasteiger partial charge in [0.15, 0.2) is 0 Å². The Labute approximate surface area is 102 Å². The van der Waals surface area contributed by atoms with Crippen LogP contribution >= 0.6 is 0 Å². The van der Waals surface area contributed by atoms with Crippen LogP contribution in [0.2, 0.25) is 0 Å². The van der Waals surface area contributed by atoms with Gasteiger partial charge in [-0.25, -0.2) is 0 Å². The van der Waals surface area contributed by atoms with E-state index < -0.39 is 0 Å². The summed E-state index contributed by atoms with van der Waals surface area (Å²) in [6, 6.07) is 7.91. The highest BCUT2D eigenvalue weighted by molar-refractivity contribution is 5.49. The number of rotatable bonds is 5. The van der Waals surface area contributed by atoms with E-state index in [0.717, 1.165) is 24.3 Å². The highest BCUT2D eigenvalue weighted by atomic mass is 16.5. The maximum Gasteiger partial charge on any atom is 0.119 e. The molecule has 1 aliphatic carbocycles. The molecule has 94 valence electrons. The van der Waals surface area contributed by atoms with Gasteiger partial charge in [0.05, 0.1) is 18.8 Å². The van der Waals surface area contributed by atoms with Crippen molar-refractivity contribution in [1.29, 1.82) is 0 Å². The van der Waals surface area contributed by atoms with Crippen LogP contribution in [0, 0.1) is 0 Å². The topological polar surface area (TPSA) is 56.5 Å². The van der Waals surface area contributed by atoms with E-state index in [-0.39, 0.29) is 5.54 Å². The summed E-state index contributed by atoms with van der Waals surface area (Å²) in [5, 5.41) is 3.50. The molecule has 1 saturated carbocycles.